The van der Waals surface area contributed by atoms with Crippen LogP contribution in [0.3, 0.4) is 0 Å². The van der Waals surface area contributed by atoms with Gasteiger partial charge in [0.15, 0.2) is 6.61 Å². The molecule has 7 nitrogen and oxygen atoms in total. The highest BCUT2D eigenvalue weighted by Crippen LogP contribution is 2.33. The van der Waals surface area contributed by atoms with Gasteiger partial charge in [-0.15, -0.1) is 0 Å². The van der Waals surface area contributed by atoms with Crippen LogP contribution < -0.4 is 20.6 Å². The average Bonchev–Trinajstić information content (AvgIpc) is 2.64. The minimum atomic E-state index is -0.708. The largest absolute Gasteiger partial charge is 0.481 e. The minimum Gasteiger partial charge on any atom is -0.481 e. The summed E-state index contributed by atoms with van der Waals surface area (Å²) in [6.07, 6.45) is 0. The molecule has 2 aromatic carbocycles. The van der Waals surface area contributed by atoms with Gasteiger partial charge in [-0.1, -0.05) is 18.2 Å². The normalized spacial score (nSPS) is 13.3. The summed E-state index contributed by atoms with van der Waals surface area (Å²) in [6.45, 7) is -0.0604. The SMILES string of the molecule is CN1C(=O)COc2cc(NC(=O)c3cc4ccccc4oc3=O)ccc21. The highest BCUT2D eigenvalue weighted by Gasteiger charge is 2.23. The summed E-state index contributed by atoms with van der Waals surface area (Å²) in [4.78, 5) is 37.7. The fourth-order valence-corrected chi connectivity index (χ4v) is 2.77. The Kier molecular flexibility index (Phi) is 3.69. The number of amides is 2. The number of rotatable bonds is 2. The van der Waals surface area contributed by atoms with E-state index < -0.39 is 11.5 Å². The van der Waals surface area contributed by atoms with E-state index in [-0.39, 0.29) is 18.1 Å². The average molecular weight is 350 g/mol. The third kappa shape index (κ3) is 2.69. The summed E-state index contributed by atoms with van der Waals surface area (Å²) < 4.78 is 10.6. The highest BCUT2D eigenvalue weighted by atomic mass is 16.5. The van der Waals surface area contributed by atoms with Crippen molar-refractivity contribution in [2.45, 2.75) is 0 Å². The fourth-order valence-electron chi connectivity index (χ4n) is 2.77. The minimum absolute atomic E-state index is 0.0604. The zero-order valence-electron chi connectivity index (χ0n) is 13.8. The lowest BCUT2D eigenvalue weighted by atomic mass is 10.1. The van der Waals surface area contributed by atoms with E-state index in [0.29, 0.717) is 28.1 Å². The van der Waals surface area contributed by atoms with Crippen molar-refractivity contribution >= 4 is 34.2 Å². The second kappa shape index (κ2) is 6.03. The first-order valence-electron chi connectivity index (χ1n) is 7.90. The zero-order chi connectivity index (χ0) is 18.3. The number of carbonyl (C=O) groups is 2. The van der Waals surface area contributed by atoms with Crippen molar-refractivity contribution in [1.29, 1.82) is 0 Å². The van der Waals surface area contributed by atoms with Gasteiger partial charge in [-0.2, -0.15) is 0 Å². The topological polar surface area (TPSA) is 88.8 Å². The number of hydrogen-bond acceptors (Lipinski definition) is 5. The van der Waals surface area contributed by atoms with Crippen molar-refractivity contribution in [1.82, 2.24) is 0 Å². The molecule has 1 N–H and O–H groups in total. The number of nitrogens with zero attached hydrogens (tertiary/aromatic N) is 1. The van der Waals surface area contributed by atoms with Crippen molar-refractivity contribution < 1.29 is 18.7 Å². The standard InChI is InChI=1S/C19H14N2O5/c1-21-14-7-6-12(9-16(14)25-10-17(21)22)20-18(23)13-8-11-4-2-3-5-15(11)26-19(13)24/h2-9H,10H2,1H3,(H,20,23). The van der Waals surface area contributed by atoms with Gasteiger partial charge in [0.1, 0.15) is 16.9 Å². The molecule has 0 atom stereocenters. The molecule has 0 fully saturated rings. The quantitative estimate of drug-likeness (QED) is 0.717. The molecule has 26 heavy (non-hydrogen) atoms. The molecular formula is C19H14N2O5. The van der Waals surface area contributed by atoms with Gasteiger partial charge in [0.2, 0.25) is 0 Å². The molecule has 0 saturated carbocycles. The van der Waals surface area contributed by atoms with Crippen molar-refractivity contribution in [2.75, 3.05) is 23.9 Å². The molecule has 4 rings (SSSR count). The third-order valence-corrected chi connectivity index (χ3v) is 4.19. The molecule has 0 bridgehead atoms. The molecule has 130 valence electrons. The van der Waals surface area contributed by atoms with Crippen molar-refractivity contribution in [2.24, 2.45) is 0 Å². The lowest BCUT2D eigenvalue weighted by molar-refractivity contribution is -0.120. The van der Waals surface area contributed by atoms with Gasteiger partial charge in [-0.3, -0.25) is 9.59 Å². The van der Waals surface area contributed by atoms with Crippen LogP contribution in [0.4, 0.5) is 11.4 Å². The maximum Gasteiger partial charge on any atom is 0.349 e. The molecule has 2 heterocycles. The van der Waals surface area contributed by atoms with Crippen molar-refractivity contribution in [3.8, 4) is 5.75 Å². The van der Waals surface area contributed by atoms with Gasteiger partial charge in [-0.25, -0.2) is 4.79 Å². The van der Waals surface area contributed by atoms with Gasteiger partial charge in [0.05, 0.1) is 5.69 Å². The fraction of sp³-hybridized carbons (Fsp3) is 0.105. The first-order valence-corrected chi connectivity index (χ1v) is 7.90. The van der Waals surface area contributed by atoms with Gasteiger partial charge in [0, 0.05) is 24.2 Å². The Bertz CT molecular complexity index is 1100. The van der Waals surface area contributed by atoms with Crippen LogP contribution in [-0.4, -0.2) is 25.5 Å². The van der Waals surface area contributed by atoms with Crippen LogP contribution in [0.2, 0.25) is 0 Å². The number of carbonyl (C=O) groups excluding carboxylic acids is 2. The summed E-state index contributed by atoms with van der Waals surface area (Å²) in [5.74, 6) is -0.247. The number of anilines is 2. The molecule has 1 aromatic heterocycles. The first kappa shape index (κ1) is 15.9. The van der Waals surface area contributed by atoms with Crippen LogP contribution in [0, 0.1) is 0 Å². The molecular weight excluding hydrogens is 336 g/mol. The summed E-state index contributed by atoms with van der Waals surface area (Å²) in [6, 6.07) is 13.4. The molecule has 0 spiro atoms. The van der Waals surface area contributed by atoms with Crippen molar-refractivity contribution in [3.63, 3.8) is 0 Å². The van der Waals surface area contributed by atoms with Crippen LogP contribution >= 0.6 is 0 Å². The van der Waals surface area contributed by atoms with Crippen LogP contribution in [0.15, 0.2) is 57.7 Å². The molecule has 2 amide bonds. The molecule has 1 aliphatic heterocycles. The second-order valence-corrected chi connectivity index (χ2v) is 5.86. The lowest BCUT2D eigenvalue weighted by Gasteiger charge is -2.26. The van der Waals surface area contributed by atoms with Gasteiger partial charge >= 0.3 is 5.63 Å². The number of para-hydroxylation sites is 1. The van der Waals surface area contributed by atoms with E-state index in [1.54, 1.807) is 49.5 Å². The number of benzene rings is 2. The molecule has 0 radical (unpaired) electrons. The number of ether oxygens (including phenoxy) is 1. The Morgan fingerprint density at radius 3 is 2.77 bits per heavy atom. The number of nitrogens with one attached hydrogen (secondary N) is 1. The van der Waals surface area contributed by atoms with Crippen molar-refractivity contribution in [3.05, 3.63) is 64.5 Å². The number of fused-ring (bicyclic) bond motifs is 2. The molecule has 0 aliphatic carbocycles. The van der Waals surface area contributed by atoms with Crippen LogP contribution in [0.25, 0.3) is 11.0 Å². The van der Waals surface area contributed by atoms with Gasteiger partial charge in [0.25, 0.3) is 11.8 Å². The van der Waals surface area contributed by atoms with E-state index in [2.05, 4.69) is 5.32 Å². The van der Waals surface area contributed by atoms with Gasteiger partial charge in [-0.05, 0) is 24.3 Å². The smallest absolute Gasteiger partial charge is 0.349 e. The summed E-state index contributed by atoms with van der Waals surface area (Å²) in [5, 5.41) is 3.32. The third-order valence-electron chi connectivity index (χ3n) is 4.19. The lowest BCUT2D eigenvalue weighted by Crippen LogP contribution is -2.35. The van der Waals surface area contributed by atoms with E-state index in [4.69, 9.17) is 9.15 Å². The van der Waals surface area contributed by atoms with E-state index >= 15 is 0 Å². The Balaban J connectivity index is 1.64. The Labute approximate surface area is 147 Å². The summed E-state index contributed by atoms with van der Waals surface area (Å²) in [5.41, 5.74) is 0.688. The van der Waals surface area contributed by atoms with Crippen LogP contribution in [-0.2, 0) is 4.79 Å². The number of hydrogen-bond donors (Lipinski definition) is 1. The van der Waals surface area contributed by atoms with E-state index in [1.165, 1.54) is 11.0 Å². The Morgan fingerprint density at radius 1 is 1.12 bits per heavy atom. The van der Waals surface area contributed by atoms with Crippen LogP contribution in [0.5, 0.6) is 5.75 Å². The highest BCUT2D eigenvalue weighted by molar-refractivity contribution is 6.06. The van der Waals surface area contributed by atoms with Crippen LogP contribution in [0.1, 0.15) is 10.4 Å². The van der Waals surface area contributed by atoms with E-state index in [9.17, 15) is 14.4 Å². The monoisotopic (exact) mass is 350 g/mol. The molecule has 1 aliphatic rings. The first-order chi connectivity index (χ1) is 12.5. The second-order valence-electron chi connectivity index (χ2n) is 5.86. The summed E-state index contributed by atoms with van der Waals surface area (Å²) >= 11 is 0. The predicted molar refractivity (Wildman–Crippen MR) is 95.8 cm³/mol. The molecule has 7 heteroatoms. The maximum absolute atomic E-state index is 12.5. The van der Waals surface area contributed by atoms with Gasteiger partial charge < -0.3 is 19.4 Å². The molecule has 3 aromatic rings. The predicted octanol–water partition coefficient (Wildman–Crippen LogP) is 2.40. The van der Waals surface area contributed by atoms with E-state index in [0.717, 1.165) is 0 Å². The van der Waals surface area contributed by atoms with E-state index in [1.807, 2.05) is 0 Å². The zero-order valence-corrected chi connectivity index (χ0v) is 13.8. The molecule has 0 saturated heterocycles. The maximum atomic E-state index is 12.5. The number of likely N-dealkylation sites (N-methyl/N-ethyl adjacent to an activating group) is 1. The Hall–Kier alpha value is -3.61. The molecule has 0 unspecified atom stereocenters. The summed E-state index contributed by atoms with van der Waals surface area (Å²) in [7, 11) is 1.65. The Morgan fingerprint density at radius 2 is 1.92 bits per heavy atom.